The minimum absolute atomic E-state index is 0.145. The Morgan fingerprint density at radius 3 is 2.84 bits per heavy atom. The Hall–Kier alpha value is -1.63. The average molecular weight is 267 g/mol. The third-order valence-electron chi connectivity index (χ3n) is 3.48. The number of aromatic nitrogens is 3. The molecule has 1 heterocycles. The molecule has 1 aromatic rings. The highest BCUT2D eigenvalue weighted by molar-refractivity contribution is 5.32. The van der Waals surface area contributed by atoms with Crippen LogP contribution in [0.25, 0.3) is 0 Å². The van der Waals surface area contributed by atoms with Crippen LogP contribution in [0.15, 0.2) is 0 Å². The van der Waals surface area contributed by atoms with Gasteiger partial charge in [-0.15, -0.1) is 0 Å². The van der Waals surface area contributed by atoms with Crippen LogP contribution in [-0.4, -0.2) is 39.8 Å². The first-order valence-electron chi connectivity index (χ1n) is 6.72. The molecule has 0 aliphatic heterocycles. The lowest BCUT2D eigenvalue weighted by atomic mass is 9.97. The fourth-order valence-corrected chi connectivity index (χ4v) is 2.49. The monoisotopic (exact) mass is 267 g/mol. The van der Waals surface area contributed by atoms with Crippen molar-refractivity contribution in [3.05, 3.63) is 0 Å². The van der Waals surface area contributed by atoms with Gasteiger partial charge in [-0.3, -0.25) is 0 Å². The Morgan fingerprint density at radius 2 is 2.11 bits per heavy atom. The first-order chi connectivity index (χ1) is 9.22. The molecule has 1 aliphatic rings. The van der Waals surface area contributed by atoms with Crippen molar-refractivity contribution in [3.63, 3.8) is 0 Å². The number of nitrogens with two attached hydrogens (primary N) is 1. The number of nitrogens with one attached hydrogen (secondary N) is 1. The van der Waals surface area contributed by atoms with Crippen LogP contribution in [-0.2, 0) is 0 Å². The van der Waals surface area contributed by atoms with E-state index in [0.717, 1.165) is 19.4 Å². The van der Waals surface area contributed by atoms with E-state index >= 15 is 0 Å². The SMILES string of the molecule is CCOc1nc(N)nc(NCC2CCCC2CO)n1. The molecule has 2 atom stereocenters. The zero-order chi connectivity index (χ0) is 13.7. The van der Waals surface area contributed by atoms with Gasteiger partial charge in [0.2, 0.25) is 11.9 Å². The summed E-state index contributed by atoms with van der Waals surface area (Å²) in [6, 6.07) is 0.239. The van der Waals surface area contributed by atoms with Crippen molar-refractivity contribution < 1.29 is 9.84 Å². The molecule has 1 aromatic heterocycles. The number of rotatable bonds is 6. The van der Waals surface area contributed by atoms with E-state index in [9.17, 15) is 5.11 Å². The van der Waals surface area contributed by atoms with Crippen LogP contribution in [0, 0.1) is 11.8 Å². The molecule has 0 aromatic carbocycles. The summed E-state index contributed by atoms with van der Waals surface area (Å²) < 4.78 is 5.22. The van der Waals surface area contributed by atoms with Gasteiger partial charge in [0.25, 0.3) is 0 Å². The summed E-state index contributed by atoms with van der Waals surface area (Å²) in [5.41, 5.74) is 5.60. The fourth-order valence-electron chi connectivity index (χ4n) is 2.49. The van der Waals surface area contributed by atoms with Gasteiger partial charge in [-0.2, -0.15) is 15.0 Å². The third kappa shape index (κ3) is 3.66. The van der Waals surface area contributed by atoms with Crippen LogP contribution in [0.2, 0.25) is 0 Å². The van der Waals surface area contributed by atoms with E-state index in [0.29, 0.717) is 24.4 Å². The zero-order valence-corrected chi connectivity index (χ0v) is 11.2. The van der Waals surface area contributed by atoms with E-state index in [4.69, 9.17) is 10.5 Å². The smallest absolute Gasteiger partial charge is 0.323 e. The van der Waals surface area contributed by atoms with Crippen LogP contribution in [0.1, 0.15) is 26.2 Å². The van der Waals surface area contributed by atoms with Crippen LogP contribution in [0.5, 0.6) is 6.01 Å². The van der Waals surface area contributed by atoms with Crippen molar-refractivity contribution in [2.75, 3.05) is 30.8 Å². The van der Waals surface area contributed by atoms with Crippen molar-refractivity contribution >= 4 is 11.9 Å². The third-order valence-corrected chi connectivity index (χ3v) is 3.48. The molecule has 2 rings (SSSR count). The summed E-state index contributed by atoms with van der Waals surface area (Å²) in [6.45, 7) is 3.33. The van der Waals surface area contributed by atoms with Crippen LogP contribution >= 0.6 is 0 Å². The van der Waals surface area contributed by atoms with Crippen LogP contribution in [0.3, 0.4) is 0 Å². The van der Waals surface area contributed by atoms with Gasteiger partial charge in [0.05, 0.1) is 6.61 Å². The van der Waals surface area contributed by atoms with Gasteiger partial charge in [-0.1, -0.05) is 6.42 Å². The summed E-state index contributed by atoms with van der Waals surface area (Å²) in [6.07, 6.45) is 3.38. The molecule has 1 fully saturated rings. The number of nitrogens with zero attached hydrogens (tertiary/aromatic N) is 3. The number of nitrogen functional groups attached to an aromatic ring is 1. The minimum Gasteiger partial charge on any atom is -0.464 e. The van der Waals surface area contributed by atoms with Crippen LogP contribution < -0.4 is 15.8 Å². The second-order valence-electron chi connectivity index (χ2n) is 4.75. The molecule has 106 valence electrons. The Kier molecular flexibility index (Phi) is 4.73. The van der Waals surface area contributed by atoms with Gasteiger partial charge < -0.3 is 20.9 Å². The summed E-state index contributed by atoms with van der Waals surface area (Å²) in [5, 5.41) is 12.4. The topological polar surface area (TPSA) is 106 Å². The minimum atomic E-state index is 0.145. The Bertz CT molecular complexity index is 415. The zero-order valence-electron chi connectivity index (χ0n) is 11.2. The second-order valence-corrected chi connectivity index (χ2v) is 4.75. The highest BCUT2D eigenvalue weighted by atomic mass is 16.5. The molecule has 7 nitrogen and oxygen atoms in total. The molecule has 7 heteroatoms. The lowest BCUT2D eigenvalue weighted by Gasteiger charge is -2.17. The van der Waals surface area contributed by atoms with E-state index in [1.54, 1.807) is 0 Å². The van der Waals surface area contributed by atoms with Gasteiger partial charge in [-0.25, -0.2) is 0 Å². The first kappa shape index (κ1) is 13.8. The standard InChI is InChI=1S/C12H21N5O2/c1-2-19-12-16-10(13)15-11(17-12)14-6-8-4-3-5-9(8)7-18/h8-9,18H,2-7H2,1H3,(H3,13,14,15,16,17). The van der Waals surface area contributed by atoms with Crippen molar-refractivity contribution in [1.82, 2.24) is 15.0 Å². The van der Waals surface area contributed by atoms with E-state index in [1.807, 2.05) is 6.92 Å². The van der Waals surface area contributed by atoms with E-state index in [1.165, 1.54) is 6.42 Å². The highest BCUT2D eigenvalue weighted by Gasteiger charge is 2.26. The summed E-state index contributed by atoms with van der Waals surface area (Å²) in [5.74, 6) is 1.40. The maximum atomic E-state index is 9.28. The van der Waals surface area contributed by atoms with E-state index < -0.39 is 0 Å². The lowest BCUT2D eigenvalue weighted by Crippen LogP contribution is -2.22. The van der Waals surface area contributed by atoms with Gasteiger partial charge >= 0.3 is 6.01 Å². The van der Waals surface area contributed by atoms with Gasteiger partial charge in [0.1, 0.15) is 0 Å². The van der Waals surface area contributed by atoms with Crippen molar-refractivity contribution in [2.45, 2.75) is 26.2 Å². The lowest BCUT2D eigenvalue weighted by molar-refractivity contribution is 0.198. The second kappa shape index (κ2) is 6.51. The fraction of sp³-hybridized carbons (Fsp3) is 0.750. The molecule has 1 aliphatic carbocycles. The maximum Gasteiger partial charge on any atom is 0.323 e. The van der Waals surface area contributed by atoms with Gasteiger partial charge in [0.15, 0.2) is 0 Å². The predicted octanol–water partition coefficient (Wildman–Crippen LogP) is 0.673. The largest absolute Gasteiger partial charge is 0.464 e. The molecule has 0 bridgehead atoms. The highest BCUT2D eigenvalue weighted by Crippen LogP contribution is 2.31. The molecule has 19 heavy (non-hydrogen) atoms. The summed E-state index contributed by atoms with van der Waals surface area (Å²) >= 11 is 0. The Morgan fingerprint density at radius 1 is 1.32 bits per heavy atom. The number of hydrogen-bond acceptors (Lipinski definition) is 7. The molecule has 2 unspecified atom stereocenters. The molecule has 0 spiro atoms. The molecular formula is C12H21N5O2. The summed E-state index contributed by atoms with van der Waals surface area (Å²) in [7, 11) is 0. The molecule has 0 radical (unpaired) electrons. The van der Waals surface area contributed by atoms with E-state index in [2.05, 4.69) is 20.3 Å². The quantitative estimate of drug-likeness (QED) is 0.695. The summed E-state index contributed by atoms with van der Waals surface area (Å²) in [4.78, 5) is 12.1. The molecule has 4 N–H and O–H groups in total. The molecule has 0 saturated heterocycles. The van der Waals surface area contributed by atoms with Crippen LogP contribution in [0.4, 0.5) is 11.9 Å². The van der Waals surface area contributed by atoms with Gasteiger partial charge in [-0.05, 0) is 31.6 Å². The van der Waals surface area contributed by atoms with Gasteiger partial charge in [0, 0.05) is 13.2 Å². The number of aliphatic hydroxyl groups is 1. The Labute approximate surface area is 112 Å². The number of aliphatic hydroxyl groups excluding tert-OH is 1. The van der Waals surface area contributed by atoms with E-state index in [-0.39, 0.29) is 18.6 Å². The predicted molar refractivity (Wildman–Crippen MR) is 71.8 cm³/mol. The van der Waals surface area contributed by atoms with Crippen molar-refractivity contribution in [2.24, 2.45) is 11.8 Å². The normalized spacial score (nSPS) is 22.4. The van der Waals surface area contributed by atoms with Crippen molar-refractivity contribution in [1.29, 1.82) is 0 Å². The Balaban J connectivity index is 1.95. The maximum absolute atomic E-state index is 9.28. The average Bonchev–Trinajstić information content (AvgIpc) is 2.83. The van der Waals surface area contributed by atoms with Crippen molar-refractivity contribution in [3.8, 4) is 6.01 Å². The number of ether oxygens (including phenoxy) is 1. The molecule has 0 amide bonds. The number of anilines is 2. The molecule has 1 saturated carbocycles. The molecular weight excluding hydrogens is 246 g/mol. The number of hydrogen-bond donors (Lipinski definition) is 3. The first-order valence-corrected chi connectivity index (χ1v) is 6.72.